The topological polar surface area (TPSA) is 89.1 Å². The molecule has 15 heavy (non-hydrogen) atoms. The molecule has 0 radical (unpaired) electrons. The van der Waals surface area contributed by atoms with E-state index in [1.165, 1.54) is 6.07 Å². The third kappa shape index (κ3) is 1.83. The summed E-state index contributed by atoms with van der Waals surface area (Å²) in [5.74, 6) is -0.389. The lowest BCUT2D eigenvalue weighted by atomic mass is 10.3. The fraction of sp³-hybridized carbons (Fsp3) is 0.111. The summed E-state index contributed by atoms with van der Waals surface area (Å²) in [5.41, 5.74) is 0.335. The van der Waals surface area contributed by atoms with E-state index in [9.17, 15) is 4.79 Å². The maximum Gasteiger partial charge on any atom is 0.354 e. The normalized spacial score (nSPS) is 10.2. The molecule has 0 spiro atoms. The first-order valence-electron chi connectivity index (χ1n) is 4.18. The highest BCUT2D eigenvalue weighted by Crippen LogP contribution is 2.12. The standard InChI is InChI=1S/C9H7N3O3/c1-5-10-8(12-15-5)6-3-2-4-7(11-6)9(13)14/h2-4H,1H3,(H,13,14). The largest absolute Gasteiger partial charge is 0.477 e. The monoisotopic (exact) mass is 205 g/mol. The van der Waals surface area contributed by atoms with Gasteiger partial charge in [-0.3, -0.25) is 0 Å². The highest BCUT2D eigenvalue weighted by molar-refractivity contribution is 5.85. The molecule has 1 N–H and O–H groups in total. The summed E-state index contributed by atoms with van der Waals surface area (Å²) < 4.78 is 4.77. The number of nitrogens with zero attached hydrogens (tertiary/aromatic N) is 3. The first kappa shape index (κ1) is 9.32. The van der Waals surface area contributed by atoms with Gasteiger partial charge in [-0.2, -0.15) is 4.98 Å². The second-order valence-electron chi connectivity index (χ2n) is 2.85. The fourth-order valence-corrected chi connectivity index (χ4v) is 1.08. The van der Waals surface area contributed by atoms with Gasteiger partial charge in [0, 0.05) is 6.92 Å². The lowest BCUT2D eigenvalue weighted by Gasteiger charge is -1.95. The lowest BCUT2D eigenvalue weighted by molar-refractivity contribution is 0.0690. The van der Waals surface area contributed by atoms with E-state index in [2.05, 4.69) is 15.1 Å². The molecule has 2 aromatic rings. The Labute approximate surface area is 84.6 Å². The van der Waals surface area contributed by atoms with E-state index in [1.54, 1.807) is 19.1 Å². The van der Waals surface area contributed by atoms with Crippen LogP contribution in [0.15, 0.2) is 22.7 Å². The molecule has 2 rings (SSSR count). The van der Waals surface area contributed by atoms with Gasteiger partial charge in [-0.1, -0.05) is 11.2 Å². The summed E-state index contributed by atoms with van der Waals surface area (Å²) in [5, 5.41) is 12.4. The Balaban J connectivity index is 2.45. The first-order valence-corrected chi connectivity index (χ1v) is 4.18. The van der Waals surface area contributed by atoms with Crippen LogP contribution in [0.4, 0.5) is 0 Å². The second kappa shape index (κ2) is 3.49. The van der Waals surface area contributed by atoms with Crippen LogP contribution in [0.1, 0.15) is 16.4 Å². The molecule has 76 valence electrons. The minimum atomic E-state index is -1.09. The van der Waals surface area contributed by atoms with Crippen molar-refractivity contribution in [3.05, 3.63) is 29.8 Å². The van der Waals surface area contributed by atoms with E-state index in [1.807, 2.05) is 0 Å². The van der Waals surface area contributed by atoms with Crippen LogP contribution >= 0.6 is 0 Å². The molecule has 6 heteroatoms. The fourth-order valence-electron chi connectivity index (χ4n) is 1.08. The van der Waals surface area contributed by atoms with Gasteiger partial charge in [0.1, 0.15) is 11.4 Å². The average Bonchev–Trinajstić information content (AvgIpc) is 2.65. The smallest absolute Gasteiger partial charge is 0.354 e. The Morgan fingerprint density at radius 2 is 2.20 bits per heavy atom. The van der Waals surface area contributed by atoms with Crippen LogP contribution in [0.3, 0.4) is 0 Å². The third-order valence-electron chi connectivity index (χ3n) is 1.72. The van der Waals surface area contributed by atoms with Gasteiger partial charge >= 0.3 is 5.97 Å². The van der Waals surface area contributed by atoms with Crippen molar-refractivity contribution in [3.63, 3.8) is 0 Å². The SMILES string of the molecule is Cc1nc(-c2cccc(C(=O)O)n2)no1. The maximum atomic E-state index is 10.7. The van der Waals surface area contributed by atoms with Crippen molar-refractivity contribution in [1.29, 1.82) is 0 Å². The van der Waals surface area contributed by atoms with Crippen molar-refractivity contribution in [2.75, 3.05) is 0 Å². The Morgan fingerprint density at radius 3 is 2.80 bits per heavy atom. The van der Waals surface area contributed by atoms with E-state index < -0.39 is 5.97 Å². The van der Waals surface area contributed by atoms with Crippen molar-refractivity contribution < 1.29 is 14.4 Å². The van der Waals surface area contributed by atoms with Crippen LogP contribution in [-0.4, -0.2) is 26.2 Å². The van der Waals surface area contributed by atoms with Crippen LogP contribution in [0.25, 0.3) is 11.5 Å². The van der Waals surface area contributed by atoms with E-state index in [4.69, 9.17) is 9.63 Å². The molecule has 0 amide bonds. The molecule has 0 bridgehead atoms. The number of hydrogen-bond donors (Lipinski definition) is 1. The summed E-state index contributed by atoms with van der Waals surface area (Å²) in [7, 11) is 0. The van der Waals surface area contributed by atoms with E-state index in [0.29, 0.717) is 11.6 Å². The molecule has 0 fully saturated rings. The van der Waals surface area contributed by atoms with Crippen LogP contribution in [-0.2, 0) is 0 Å². The van der Waals surface area contributed by atoms with Crippen LogP contribution < -0.4 is 0 Å². The molecule has 2 aromatic heterocycles. The Morgan fingerprint density at radius 1 is 1.40 bits per heavy atom. The summed E-state index contributed by atoms with van der Waals surface area (Å²) in [4.78, 5) is 18.5. The number of pyridine rings is 1. The Hall–Kier alpha value is -2.24. The zero-order chi connectivity index (χ0) is 10.8. The lowest BCUT2D eigenvalue weighted by Crippen LogP contribution is -2.00. The average molecular weight is 205 g/mol. The van der Waals surface area contributed by atoms with Gasteiger partial charge < -0.3 is 9.63 Å². The summed E-state index contributed by atoms with van der Waals surface area (Å²) in [6, 6.07) is 4.60. The highest BCUT2D eigenvalue weighted by atomic mass is 16.5. The van der Waals surface area contributed by atoms with Gasteiger partial charge in [0.25, 0.3) is 0 Å². The molecule has 0 aromatic carbocycles. The predicted octanol–water partition coefficient (Wildman–Crippen LogP) is 1.14. The van der Waals surface area contributed by atoms with Crippen LogP contribution in [0.2, 0.25) is 0 Å². The van der Waals surface area contributed by atoms with Gasteiger partial charge in [-0.05, 0) is 12.1 Å². The molecule has 0 aliphatic carbocycles. The number of aryl methyl sites for hydroxylation is 1. The number of aromatic carboxylic acids is 1. The van der Waals surface area contributed by atoms with Crippen molar-refractivity contribution in [2.45, 2.75) is 6.92 Å². The minimum Gasteiger partial charge on any atom is -0.477 e. The summed E-state index contributed by atoms with van der Waals surface area (Å²) in [6.45, 7) is 1.65. The van der Waals surface area contributed by atoms with Gasteiger partial charge in [0.15, 0.2) is 0 Å². The molecule has 0 unspecified atom stereocenters. The van der Waals surface area contributed by atoms with Crippen LogP contribution in [0, 0.1) is 6.92 Å². The number of carbonyl (C=O) groups is 1. The highest BCUT2D eigenvalue weighted by Gasteiger charge is 2.10. The van der Waals surface area contributed by atoms with Crippen LogP contribution in [0.5, 0.6) is 0 Å². The second-order valence-corrected chi connectivity index (χ2v) is 2.85. The molecule has 0 saturated heterocycles. The molecule has 6 nitrogen and oxygen atoms in total. The molecular weight excluding hydrogens is 198 g/mol. The molecular formula is C9H7N3O3. The zero-order valence-corrected chi connectivity index (χ0v) is 7.84. The quantitative estimate of drug-likeness (QED) is 0.790. The van der Waals surface area contributed by atoms with Crippen molar-refractivity contribution in [1.82, 2.24) is 15.1 Å². The van der Waals surface area contributed by atoms with Crippen molar-refractivity contribution >= 4 is 5.97 Å². The van der Waals surface area contributed by atoms with E-state index >= 15 is 0 Å². The number of aromatic nitrogens is 3. The third-order valence-corrected chi connectivity index (χ3v) is 1.72. The van der Waals surface area contributed by atoms with E-state index in [0.717, 1.165) is 0 Å². The van der Waals surface area contributed by atoms with Crippen molar-refractivity contribution in [3.8, 4) is 11.5 Å². The van der Waals surface area contributed by atoms with Gasteiger partial charge in [-0.15, -0.1) is 0 Å². The number of carboxylic acid groups (broad SMARTS) is 1. The first-order chi connectivity index (χ1) is 7.16. The molecule has 0 saturated carbocycles. The summed E-state index contributed by atoms with van der Waals surface area (Å²) >= 11 is 0. The number of carboxylic acids is 1. The maximum absolute atomic E-state index is 10.7. The predicted molar refractivity (Wildman–Crippen MR) is 49.2 cm³/mol. The molecule has 2 heterocycles. The Bertz CT molecular complexity index is 507. The van der Waals surface area contributed by atoms with Gasteiger partial charge in [0.05, 0.1) is 0 Å². The molecule has 0 aliphatic heterocycles. The zero-order valence-electron chi connectivity index (χ0n) is 7.84. The molecule has 0 atom stereocenters. The minimum absolute atomic E-state index is 0.0463. The van der Waals surface area contributed by atoms with E-state index in [-0.39, 0.29) is 11.5 Å². The van der Waals surface area contributed by atoms with Crippen molar-refractivity contribution in [2.24, 2.45) is 0 Å². The van der Waals surface area contributed by atoms with Gasteiger partial charge in [-0.25, -0.2) is 9.78 Å². The van der Waals surface area contributed by atoms with Gasteiger partial charge in [0.2, 0.25) is 11.7 Å². The number of hydrogen-bond acceptors (Lipinski definition) is 5. The summed E-state index contributed by atoms with van der Waals surface area (Å²) in [6.07, 6.45) is 0. The Kier molecular flexibility index (Phi) is 2.17. The molecule has 0 aliphatic rings. The number of rotatable bonds is 2.